The number of fused-ring (bicyclic) bond motifs is 1. The van der Waals surface area contributed by atoms with Crippen molar-refractivity contribution in [3.63, 3.8) is 0 Å². The van der Waals surface area contributed by atoms with Gasteiger partial charge in [0, 0.05) is 11.9 Å². The first-order valence-corrected chi connectivity index (χ1v) is 6.76. The van der Waals surface area contributed by atoms with Crippen molar-refractivity contribution in [2.24, 2.45) is 7.05 Å². The van der Waals surface area contributed by atoms with Crippen LogP contribution in [0, 0.1) is 0 Å². The number of nitrogens with zero attached hydrogens (tertiary/aromatic N) is 5. The van der Waals surface area contributed by atoms with Crippen molar-refractivity contribution >= 4 is 38.3 Å². The molecule has 92 valence electrons. The number of halogens is 1. The second-order valence-corrected chi connectivity index (χ2v) is 6.31. The summed E-state index contributed by atoms with van der Waals surface area (Å²) in [4.78, 5) is 13.2. The first-order valence-electron chi connectivity index (χ1n) is 5.15. The Morgan fingerprint density at radius 2 is 2.28 bits per heavy atom. The molecule has 6 nitrogen and oxygen atoms in total. The second-order valence-electron chi connectivity index (χ2n) is 3.76. The molecule has 0 atom stereocenters. The summed E-state index contributed by atoms with van der Waals surface area (Å²) in [6.07, 6.45) is 1.52. The molecule has 3 heterocycles. The third-order valence-corrected chi connectivity index (χ3v) is 4.16. The maximum atomic E-state index is 12.2. The largest absolute Gasteiger partial charge is 0.281 e. The Morgan fingerprint density at radius 1 is 1.44 bits per heavy atom. The molecule has 3 aromatic rings. The first-order chi connectivity index (χ1) is 8.65. The molecule has 0 aromatic carbocycles. The molecule has 8 heteroatoms. The SMILES string of the molecule is Cn1ncc2c(=O)n(Cc3ccc(Br)s3)nnc21. The Morgan fingerprint density at radius 3 is 3.00 bits per heavy atom. The molecular weight excluding hydrogens is 318 g/mol. The maximum absolute atomic E-state index is 12.2. The van der Waals surface area contributed by atoms with Gasteiger partial charge >= 0.3 is 0 Å². The molecule has 0 amide bonds. The summed E-state index contributed by atoms with van der Waals surface area (Å²) in [7, 11) is 1.73. The average Bonchev–Trinajstić information content (AvgIpc) is 2.91. The lowest BCUT2D eigenvalue weighted by molar-refractivity contribution is 0.600. The summed E-state index contributed by atoms with van der Waals surface area (Å²) in [6.45, 7) is 0.424. The number of hydrogen-bond acceptors (Lipinski definition) is 5. The monoisotopic (exact) mass is 325 g/mol. The number of rotatable bonds is 2. The summed E-state index contributed by atoms with van der Waals surface area (Å²) in [5.74, 6) is 0. The van der Waals surface area contributed by atoms with Crippen molar-refractivity contribution in [3.8, 4) is 0 Å². The van der Waals surface area contributed by atoms with Crippen LogP contribution in [0.4, 0.5) is 0 Å². The summed E-state index contributed by atoms with van der Waals surface area (Å²) in [5, 5.41) is 12.4. The Labute approximate surface area is 114 Å². The van der Waals surface area contributed by atoms with E-state index in [9.17, 15) is 4.79 Å². The average molecular weight is 326 g/mol. The van der Waals surface area contributed by atoms with Gasteiger partial charge in [0.2, 0.25) is 0 Å². The summed E-state index contributed by atoms with van der Waals surface area (Å²) >= 11 is 4.96. The van der Waals surface area contributed by atoms with Crippen LogP contribution in [0.2, 0.25) is 0 Å². The highest BCUT2D eigenvalue weighted by Crippen LogP contribution is 2.22. The van der Waals surface area contributed by atoms with Crippen molar-refractivity contribution in [2.75, 3.05) is 0 Å². The highest BCUT2D eigenvalue weighted by atomic mass is 79.9. The zero-order chi connectivity index (χ0) is 12.7. The van der Waals surface area contributed by atoms with Crippen molar-refractivity contribution in [1.82, 2.24) is 24.8 Å². The third-order valence-electron chi connectivity index (χ3n) is 2.55. The van der Waals surface area contributed by atoms with Crippen LogP contribution in [0.15, 0.2) is 26.9 Å². The van der Waals surface area contributed by atoms with Crippen LogP contribution in [0.1, 0.15) is 4.88 Å². The van der Waals surface area contributed by atoms with Crippen LogP contribution in [-0.4, -0.2) is 24.8 Å². The minimum atomic E-state index is -0.169. The maximum Gasteiger partial charge on any atom is 0.281 e. The fourth-order valence-corrected chi connectivity index (χ4v) is 3.13. The van der Waals surface area contributed by atoms with E-state index in [2.05, 4.69) is 31.3 Å². The molecule has 0 saturated heterocycles. The van der Waals surface area contributed by atoms with Gasteiger partial charge in [0.25, 0.3) is 5.56 Å². The predicted octanol–water partition coefficient (Wildman–Crippen LogP) is 1.40. The molecule has 0 N–H and O–H groups in total. The lowest BCUT2D eigenvalue weighted by Gasteiger charge is -2.00. The minimum Gasteiger partial charge on any atom is -0.267 e. The van der Waals surface area contributed by atoms with E-state index in [1.54, 1.807) is 18.4 Å². The third kappa shape index (κ3) is 1.87. The van der Waals surface area contributed by atoms with Gasteiger partial charge in [-0.1, -0.05) is 5.21 Å². The second kappa shape index (κ2) is 4.29. The quantitative estimate of drug-likeness (QED) is 0.714. The Balaban J connectivity index is 2.07. The van der Waals surface area contributed by atoms with Gasteiger partial charge in [0.15, 0.2) is 5.65 Å². The molecule has 0 unspecified atom stereocenters. The smallest absolute Gasteiger partial charge is 0.267 e. The van der Waals surface area contributed by atoms with E-state index in [-0.39, 0.29) is 5.56 Å². The molecule has 0 aliphatic heterocycles. The van der Waals surface area contributed by atoms with Crippen LogP contribution in [0.5, 0.6) is 0 Å². The van der Waals surface area contributed by atoms with Crippen molar-refractivity contribution in [2.45, 2.75) is 6.54 Å². The van der Waals surface area contributed by atoms with Crippen LogP contribution in [0.3, 0.4) is 0 Å². The molecule has 0 saturated carbocycles. The van der Waals surface area contributed by atoms with E-state index < -0.39 is 0 Å². The molecule has 0 radical (unpaired) electrons. The molecule has 0 aliphatic carbocycles. The van der Waals surface area contributed by atoms with Gasteiger partial charge in [-0.15, -0.1) is 16.4 Å². The van der Waals surface area contributed by atoms with Gasteiger partial charge in [0.1, 0.15) is 5.39 Å². The van der Waals surface area contributed by atoms with Gasteiger partial charge in [0.05, 0.1) is 16.5 Å². The molecule has 0 bridgehead atoms. The predicted molar refractivity (Wildman–Crippen MR) is 71.7 cm³/mol. The van der Waals surface area contributed by atoms with Crippen molar-refractivity contribution in [3.05, 3.63) is 37.3 Å². The van der Waals surface area contributed by atoms with Crippen LogP contribution < -0.4 is 5.56 Å². The van der Waals surface area contributed by atoms with Crippen LogP contribution in [0.25, 0.3) is 11.0 Å². The topological polar surface area (TPSA) is 65.6 Å². The molecule has 0 aliphatic rings. The van der Waals surface area contributed by atoms with E-state index in [0.29, 0.717) is 17.6 Å². The highest BCUT2D eigenvalue weighted by Gasteiger charge is 2.10. The number of aromatic nitrogens is 5. The summed E-state index contributed by atoms with van der Waals surface area (Å²) in [5.41, 5.74) is 0.334. The van der Waals surface area contributed by atoms with Gasteiger partial charge in [-0.3, -0.25) is 4.79 Å². The zero-order valence-electron chi connectivity index (χ0n) is 9.37. The summed E-state index contributed by atoms with van der Waals surface area (Å²) < 4.78 is 3.92. The standard InChI is InChI=1S/C10H8BrN5OS/c1-15-9-7(4-12-15)10(17)16(14-13-9)5-6-2-3-8(11)18-6/h2-4H,5H2,1H3. The van der Waals surface area contributed by atoms with Gasteiger partial charge in [-0.25, -0.2) is 9.36 Å². The van der Waals surface area contributed by atoms with Crippen LogP contribution >= 0.6 is 27.3 Å². The Bertz CT molecular complexity index is 774. The first kappa shape index (κ1) is 11.5. The lowest BCUT2D eigenvalue weighted by Crippen LogP contribution is -2.24. The molecule has 18 heavy (non-hydrogen) atoms. The van der Waals surface area contributed by atoms with Gasteiger partial charge in [-0.2, -0.15) is 5.10 Å². The van der Waals surface area contributed by atoms with E-state index >= 15 is 0 Å². The Hall–Kier alpha value is -1.54. The van der Waals surface area contributed by atoms with E-state index in [0.717, 1.165) is 8.66 Å². The van der Waals surface area contributed by atoms with Crippen molar-refractivity contribution in [1.29, 1.82) is 0 Å². The van der Waals surface area contributed by atoms with Gasteiger partial charge in [-0.05, 0) is 28.1 Å². The lowest BCUT2D eigenvalue weighted by atomic mass is 10.4. The van der Waals surface area contributed by atoms with E-state index in [4.69, 9.17) is 0 Å². The number of hydrogen-bond donors (Lipinski definition) is 0. The van der Waals surface area contributed by atoms with Crippen molar-refractivity contribution < 1.29 is 0 Å². The normalized spacial score (nSPS) is 11.2. The van der Waals surface area contributed by atoms with E-state index in [1.165, 1.54) is 15.6 Å². The molecule has 0 spiro atoms. The molecular formula is C10H8BrN5OS. The fraction of sp³-hybridized carbons (Fsp3) is 0.200. The van der Waals surface area contributed by atoms with Gasteiger partial charge < -0.3 is 0 Å². The number of aryl methyl sites for hydroxylation is 1. The number of thiophene rings is 1. The summed E-state index contributed by atoms with van der Waals surface area (Å²) in [6, 6.07) is 3.90. The molecule has 3 rings (SSSR count). The van der Waals surface area contributed by atoms with Crippen LogP contribution in [-0.2, 0) is 13.6 Å². The Kier molecular flexibility index (Phi) is 2.75. The highest BCUT2D eigenvalue weighted by molar-refractivity contribution is 9.11. The van der Waals surface area contributed by atoms with E-state index in [1.807, 2.05) is 12.1 Å². The zero-order valence-corrected chi connectivity index (χ0v) is 11.8. The minimum absolute atomic E-state index is 0.169. The fourth-order valence-electron chi connectivity index (χ4n) is 1.66. The molecule has 0 fully saturated rings. The molecule has 3 aromatic heterocycles.